The second-order valence-corrected chi connectivity index (χ2v) is 7.55. The molecule has 0 bridgehead atoms. The van der Waals surface area contributed by atoms with Gasteiger partial charge in [0.05, 0.1) is 0 Å². The fourth-order valence-electron chi connectivity index (χ4n) is 2.90. The Morgan fingerprint density at radius 2 is 1.48 bits per heavy atom. The van der Waals surface area contributed by atoms with Gasteiger partial charge in [-0.05, 0) is 35.9 Å². The van der Waals surface area contributed by atoms with Crippen LogP contribution in [0.2, 0.25) is 5.02 Å². The molecule has 2 N–H and O–H groups in total. The third kappa shape index (κ3) is 3.91. The lowest BCUT2D eigenvalue weighted by molar-refractivity contribution is -0.375. The van der Waals surface area contributed by atoms with Crippen LogP contribution in [-0.4, -0.2) is 22.4 Å². The van der Waals surface area contributed by atoms with Gasteiger partial charge in [0.25, 0.3) is 5.60 Å². The summed E-state index contributed by atoms with van der Waals surface area (Å²) in [5.74, 6) is 0. The van der Waals surface area contributed by atoms with Gasteiger partial charge in [-0.1, -0.05) is 51.8 Å². The van der Waals surface area contributed by atoms with E-state index in [9.17, 15) is 31.4 Å². The first-order chi connectivity index (χ1) is 13.3. The van der Waals surface area contributed by atoms with E-state index in [2.05, 4.69) is 20.9 Å². The number of aliphatic hydroxyl groups is 1. The van der Waals surface area contributed by atoms with E-state index in [0.717, 1.165) is 12.1 Å². The molecule has 1 aromatic heterocycles. The van der Waals surface area contributed by atoms with Crippen LogP contribution < -0.4 is 0 Å². The molecule has 3 aromatic rings. The lowest BCUT2D eigenvalue weighted by atomic mass is 9.89. The van der Waals surface area contributed by atoms with Gasteiger partial charge in [0.2, 0.25) is 0 Å². The molecule has 1 heterocycles. The molecule has 0 saturated heterocycles. The predicted molar refractivity (Wildman–Crippen MR) is 102 cm³/mol. The maximum atomic E-state index is 13.5. The van der Waals surface area contributed by atoms with Crippen LogP contribution in [0, 0.1) is 0 Å². The Labute approximate surface area is 173 Å². The van der Waals surface area contributed by atoms with Crippen molar-refractivity contribution in [2.75, 3.05) is 0 Å². The molecular weight excluding hydrogens is 488 g/mol. The summed E-state index contributed by atoms with van der Waals surface area (Å²) in [6.07, 6.45) is -9.64. The van der Waals surface area contributed by atoms with Crippen molar-refractivity contribution in [2.24, 2.45) is 0 Å². The molecule has 29 heavy (non-hydrogen) atoms. The molecule has 0 unspecified atom stereocenters. The van der Waals surface area contributed by atoms with Crippen molar-refractivity contribution in [2.45, 2.75) is 18.0 Å². The molecule has 0 spiro atoms. The van der Waals surface area contributed by atoms with Gasteiger partial charge in [-0.3, -0.25) is 0 Å². The molecule has 0 radical (unpaired) electrons. The molecule has 2 nitrogen and oxygen atoms in total. The summed E-state index contributed by atoms with van der Waals surface area (Å²) >= 11 is 8.89. The second kappa shape index (κ2) is 7.37. The molecule has 3 rings (SSSR count). The number of alkyl halides is 6. The highest BCUT2D eigenvalue weighted by atomic mass is 79.9. The number of fused-ring (bicyclic) bond motifs is 1. The van der Waals surface area contributed by atoms with Gasteiger partial charge in [-0.2, -0.15) is 26.3 Å². The van der Waals surface area contributed by atoms with Crippen molar-refractivity contribution in [1.82, 2.24) is 4.98 Å². The van der Waals surface area contributed by atoms with Crippen LogP contribution >= 0.6 is 27.5 Å². The predicted octanol–water partition coefficient (Wildman–Crippen LogP) is 7.07. The standard InChI is InChI=1S/C19H11BrClF6NO/c20-11-4-7-13-15(9-11)28-14(8-3-10-1-5-12(21)6-2-10)16(13)17(29,18(22,23)24)19(25,26)27/h1-9,28-29H. The molecule has 0 fully saturated rings. The van der Waals surface area contributed by atoms with Crippen molar-refractivity contribution in [3.05, 3.63) is 68.8 Å². The van der Waals surface area contributed by atoms with Gasteiger partial charge in [0.1, 0.15) is 0 Å². The van der Waals surface area contributed by atoms with Gasteiger partial charge in [-0.25, -0.2) is 0 Å². The van der Waals surface area contributed by atoms with Gasteiger partial charge in [0, 0.05) is 31.7 Å². The Bertz CT molecular complexity index is 1060. The van der Waals surface area contributed by atoms with Gasteiger partial charge >= 0.3 is 12.4 Å². The fourth-order valence-corrected chi connectivity index (χ4v) is 3.39. The van der Waals surface area contributed by atoms with E-state index in [1.165, 1.54) is 42.5 Å². The van der Waals surface area contributed by atoms with E-state index in [-0.39, 0.29) is 5.52 Å². The van der Waals surface area contributed by atoms with E-state index in [1.807, 2.05) is 0 Å². The Morgan fingerprint density at radius 1 is 0.897 bits per heavy atom. The minimum absolute atomic E-state index is 0.00273. The van der Waals surface area contributed by atoms with Crippen molar-refractivity contribution in [3.63, 3.8) is 0 Å². The number of hydrogen-bond donors (Lipinski definition) is 2. The van der Waals surface area contributed by atoms with Crippen molar-refractivity contribution >= 4 is 50.6 Å². The zero-order chi connectivity index (χ0) is 21.6. The smallest absolute Gasteiger partial charge is 0.369 e. The summed E-state index contributed by atoms with van der Waals surface area (Å²) < 4.78 is 81.6. The number of rotatable bonds is 3. The summed E-state index contributed by atoms with van der Waals surface area (Å²) in [6, 6.07) is 9.81. The molecule has 0 aliphatic heterocycles. The molecule has 2 aromatic carbocycles. The summed E-state index contributed by atoms with van der Waals surface area (Å²) in [5.41, 5.74) is -6.42. The maximum Gasteiger partial charge on any atom is 0.430 e. The van der Waals surface area contributed by atoms with Crippen LogP contribution in [0.3, 0.4) is 0 Å². The largest absolute Gasteiger partial charge is 0.430 e. The van der Waals surface area contributed by atoms with Crippen LogP contribution in [0.25, 0.3) is 23.1 Å². The zero-order valence-electron chi connectivity index (χ0n) is 14.2. The Kier molecular flexibility index (Phi) is 5.53. The van der Waals surface area contributed by atoms with E-state index in [0.29, 0.717) is 15.1 Å². The maximum absolute atomic E-state index is 13.5. The number of halogens is 8. The first-order valence-corrected chi connectivity index (χ1v) is 9.13. The minimum Gasteiger partial charge on any atom is -0.369 e. The highest BCUT2D eigenvalue weighted by Gasteiger charge is 2.72. The number of aromatic nitrogens is 1. The van der Waals surface area contributed by atoms with Gasteiger partial charge in [0.15, 0.2) is 0 Å². The number of benzene rings is 2. The minimum atomic E-state index is -6.00. The summed E-state index contributed by atoms with van der Waals surface area (Å²) in [5, 5.41) is 10.0. The molecule has 0 aliphatic carbocycles. The highest BCUT2D eigenvalue weighted by molar-refractivity contribution is 9.10. The van der Waals surface area contributed by atoms with E-state index >= 15 is 0 Å². The van der Waals surface area contributed by atoms with Gasteiger partial charge in [-0.15, -0.1) is 0 Å². The molecule has 0 amide bonds. The Morgan fingerprint density at radius 3 is 2.03 bits per heavy atom. The molecule has 10 heteroatoms. The van der Waals surface area contributed by atoms with E-state index in [4.69, 9.17) is 11.6 Å². The van der Waals surface area contributed by atoms with E-state index < -0.39 is 34.6 Å². The Balaban J connectivity index is 2.29. The van der Waals surface area contributed by atoms with Crippen LogP contribution in [0.5, 0.6) is 0 Å². The first-order valence-electron chi connectivity index (χ1n) is 7.96. The fraction of sp³-hybridized carbons (Fsp3) is 0.158. The van der Waals surface area contributed by atoms with Crippen molar-refractivity contribution < 1.29 is 31.4 Å². The lowest BCUT2D eigenvalue weighted by Gasteiger charge is -2.32. The van der Waals surface area contributed by atoms with Crippen LogP contribution in [0.1, 0.15) is 16.8 Å². The van der Waals surface area contributed by atoms with E-state index in [1.54, 1.807) is 0 Å². The highest BCUT2D eigenvalue weighted by Crippen LogP contribution is 2.53. The second-order valence-electron chi connectivity index (χ2n) is 6.19. The third-order valence-electron chi connectivity index (χ3n) is 4.28. The average Bonchev–Trinajstić information content (AvgIpc) is 2.96. The average molecular weight is 499 g/mol. The summed E-state index contributed by atoms with van der Waals surface area (Å²) in [6.45, 7) is 0. The van der Waals surface area contributed by atoms with Crippen molar-refractivity contribution in [1.29, 1.82) is 0 Å². The molecule has 0 atom stereocenters. The summed E-state index contributed by atoms with van der Waals surface area (Å²) in [4.78, 5) is 2.53. The molecule has 0 aliphatic rings. The molecule has 154 valence electrons. The van der Waals surface area contributed by atoms with Crippen molar-refractivity contribution in [3.8, 4) is 0 Å². The molecular formula is C19H11BrClF6NO. The number of H-pyrrole nitrogens is 1. The van der Waals surface area contributed by atoms with Gasteiger partial charge < -0.3 is 10.1 Å². The monoisotopic (exact) mass is 497 g/mol. The molecule has 0 saturated carbocycles. The van der Waals surface area contributed by atoms with Crippen LogP contribution in [0.15, 0.2) is 46.9 Å². The summed E-state index contributed by atoms with van der Waals surface area (Å²) in [7, 11) is 0. The zero-order valence-corrected chi connectivity index (χ0v) is 16.5. The topological polar surface area (TPSA) is 36.0 Å². The van der Waals surface area contributed by atoms with Crippen LogP contribution in [0.4, 0.5) is 26.3 Å². The quantitative estimate of drug-likeness (QED) is 0.373. The lowest BCUT2D eigenvalue weighted by Crippen LogP contribution is -2.54. The van der Waals surface area contributed by atoms with Crippen LogP contribution in [-0.2, 0) is 5.60 Å². The number of hydrogen-bond acceptors (Lipinski definition) is 1. The normalized spacial score (nSPS) is 13.6. The number of nitrogens with one attached hydrogen (secondary N) is 1. The number of aromatic amines is 1. The SMILES string of the molecule is OC(c1c(C=Cc2ccc(Cl)cc2)[nH]c2cc(Br)ccc12)(C(F)(F)F)C(F)(F)F. The third-order valence-corrected chi connectivity index (χ3v) is 5.03. The first kappa shape index (κ1) is 21.7. The Hall–Kier alpha value is -1.97.